The third-order valence-corrected chi connectivity index (χ3v) is 3.14. The molecule has 0 aliphatic heterocycles. The Morgan fingerprint density at radius 1 is 1.36 bits per heavy atom. The van der Waals surface area contributed by atoms with Gasteiger partial charge < -0.3 is 0 Å². The second kappa shape index (κ2) is 3.22. The zero-order chi connectivity index (χ0) is 10.3. The summed E-state index contributed by atoms with van der Waals surface area (Å²) in [4.78, 5) is 4.47. The van der Waals surface area contributed by atoms with Crippen LogP contribution in [0.2, 0.25) is 0 Å². The average Bonchev–Trinajstić information content (AvgIpc) is 2.46. The van der Waals surface area contributed by atoms with Crippen LogP contribution in [0.15, 0.2) is 24.5 Å². The first-order chi connectivity index (χ1) is 6.48. The van der Waals surface area contributed by atoms with Crippen molar-refractivity contribution in [3.63, 3.8) is 0 Å². The van der Waals surface area contributed by atoms with E-state index in [1.807, 2.05) is 6.20 Å². The van der Waals surface area contributed by atoms with Crippen LogP contribution in [-0.4, -0.2) is 7.76 Å². The van der Waals surface area contributed by atoms with E-state index in [1.54, 1.807) is 0 Å². The first-order valence-electron chi connectivity index (χ1n) is 4.62. The van der Waals surface area contributed by atoms with Crippen molar-refractivity contribution < 1.29 is 0 Å². The summed E-state index contributed by atoms with van der Waals surface area (Å²) in [6.07, 6.45) is 4.00. The van der Waals surface area contributed by atoms with E-state index in [9.17, 15) is 0 Å². The minimum absolute atomic E-state index is 0.120. The van der Waals surface area contributed by atoms with Gasteiger partial charge in [-0.25, -0.2) is 0 Å². The summed E-state index contributed by atoms with van der Waals surface area (Å²) >= 11 is 2.29. The maximum atomic E-state index is 4.47. The van der Waals surface area contributed by atoms with E-state index in [0.29, 0.717) is 0 Å². The molecule has 0 aliphatic rings. The summed E-state index contributed by atoms with van der Waals surface area (Å²) < 4.78 is 2.10. The monoisotopic (exact) mass is 300 g/mol. The number of nitrogens with zero attached hydrogens (tertiary/aromatic N) is 2. The molecule has 0 aliphatic carbocycles. The molecule has 0 saturated heterocycles. The van der Waals surface area contributed by atoms with Crippen molar-refractivity contribution in [3.05, 3.63) is 30.2 Å². The van der Waals surface area contributed by atoms with E-state index < -0.39 is 0 Å². The van der Waals surface area contributed by atoms with E-state index in [-0.39, 0.29) is 5.41 Å². The molecule has 0 unspecified atom stereocenters. The predicted molar refractivity (Wildman–Crippen MR) is 67.9 cm³/mol. The smallest absolute Gasteiger partial charge is 0.0640 e. The molecular weight excluding hydrogens is 287 g/mol. The number of fused-ring (bicyclic) bond motifs is 1. The lowest BCUT2D eigenvalue weighted by Crippen LogP contribution is -2.13. The highest BCUT2D eigenvalue weighted by molar-refractivity contribution is 14.1. The minimum Gasteiger partial charge on any atom is -0.289 e. The molecule has 2 nitrogen and oxygen atoms in total. The Hall–Kier alpha value is -0.580. The highest BCUT2D eigenvalue weighted by Crippen LogP contribution is 2.25. The Kier molecular flexibility index (Phi) is 2.29. The fraction of sp³-hybridized carbons (Fsp3) is 0.364. The van der Waals surface area contributed by atoms with E-state index in [2.05, 4.69) is 69.7 Å². The zero-order valence-electron chi connectivity index (χ0n) is 8.58. The molecule has 2 aromatic heterocycles. The summed E-state index contributed by atoms with van der Waals surface area (Å²) in [5, 5.41) is 1.20. The van der Waals surface area contributed by atoms with Crippen LogP contribution in [0.5, 0.6) is 0 Å². The Labute approximate surface area is 97.8 Å². The van der Waals surface area contributed by atoms with Gasteiger partial charge in [-0.1, -0.05) is 20.8 Å². The van der Waals surface area contributed by atoms with Crippen molar-refractivity contribution in [2.75, 3.05) is 0 Å². The molecule has 0 atom stereocenters. The van der Waals surface area contributed by atoms with Gasteiger partial charge in [-0.15, -0.1) is 0 Å². The Morgan fingerprint density at radius 2 is 2.07 bits per heavy atom. The van der Waals surface area contributed by atoms with Crippen LogP contribution in [0, 0.1) is 0 Å². The Balaban J connectivity index is 2.66. The van der Waals surface area contributed by atoms with Crippen molar-refractivity contribution in [1.29, 1.82) is 0 Å². The van der Waals surface area contributed by atoms with Crippen LogP contribution >= 0.6 is 22.9 Å². The molecule has 0 N–H and O–H groups in total. The van der Waals surface area contributed by atoms with Crippen molar-refractivity contribution in [3.8, 4) is 0 Å². The maximum absolute atomic E-state index is 4.47. The Morgan fingerprint density at radius 3 is 2.71 bits per heavy atom. The fourth-order valence-electron chi connectivity index (χ4n) is 1.40. The van der Waals surface area contributed by atoms with Gasteiger partial charge in [0.25, 0.3) is 0 Å². The first kappa shape index (κ1) is 9.96. The molecule has 0 amide bonds. The number of hydrogen-bond acceptors (Lipinski definition) is 1. The molecule has 0 aromatic carbocycles. The fourth-order valence-corrected chi connectivity index (χ4v) is 1.98. The summed E-state index contributed by atoms with van der Waals surface area (Å²) in [6.45, 7) is 6.55. The first-order valence-corrected chi connectivity index (χ1v) is 5.59. The second-order valence-electron chi connectivity index (χ2n) is 4.51. The van der Waals surface area contributed by atoms with E-state index in [0.717, 1.165) is 5.69 Å². The molecule has 74 valence electrons. The summed E-state index contributed by atoms with van der Waals surface area (Å²) in [7, 11) is 0. The molecule has 0 spiro atoms. The van der Waals surface area contributed by atoms with Crippen LogP contribution in [0.25, 0.3) is 10.9 Å². The van der Waals surface area contributed by atoms with Gasteiger partial charge in [0.05, 0.1) is 28.4 Å². The average molecular weight is 300 g/mol. The highest BCUT2D eigenvalue weighted by Gasteiger charge is 2.16. The van der Waals surface area contributed by atoms with Crippen LogP contribution < -0.4 is 0 Å². The van der Waals surface area contributed by atoms with Gasteiger partial charge in [0.1, 0.15) is 0 Å². The molecule has 2 aromatic rings. The normalized spacial score (nSPS) is 12.3. The van der Waals surface area contributed by atoms with Crippen molar-refractivity contribution in [1.82, 2.24) is 7.76 Å². The SMILES string of the molecule is CC(C)(C)c1cc2c(ccn2I)cn1. The lowest BCUT2D eigenvalue weighted by Gasteiger charge is -2.17. The van der Waals surface area contributed by atoms with Crippen molar-refractivity contribution in [2.24, 2.45) is 0 Å². The summed E-state index contributed by atoms with van der Waals surface area (Å²) in [6, 6.07) is 4.25. The van der Waals surface area contributed by atoms with Gasteiger partial charge in [-0.3, -0.25) is 7.76 Å². The third-order valence-electron chi connectivity index (χ3n) is 2.30. The predicted octanol–water partition coefficient (Wildman–Crippen LogP) is 3.53. The molecule has 14 heavy (non-hydrogen) atoms. The highest BCUT2D eigenvalue weighted by atomic mass is 127. The molecular formula is C11H13IN2. The molecule has 0 radical (unpaired) electrons. The van der Waals surface area contributed by atoms with Gasteiger partial charge in [0.2, 0.25) is 0 Å². The van der Waals surface area contributed by atoms with E-state index in [4.69, 9.17) is 0 Å². The summed E-state index contributed by atoms with van der Waals surface area (Å²) in [5.74, 6) is 0. The summed E-state index contributed by atoms with van der Waals surface area (Å²) in [5.41, 5.74) is 2.50. The number of aromatic nitrogens is 2. The topological polar surface area (TPSA) is 17.8 Å². The van der Waals surface area contributed by atoms with E-state index >= 15 is 0 Å². The van der Waals surface area contributed by atoms with E-state index in [1.165, 1.54) is 10.9 Å². The zero-order valence-corrected chi connectivity index (χ0v) is 10.7. The van der Waals surface area contributed by atoms with Crippen molar-refractivity contribution >= 4 is 33.8 Å². The number of pyridine rings is 1. The van der Waals surface area contributed by atoms with Crippen LogP contribution in [0.3, 0.4) is 0 Å². The van der Waals surface area contributed by atoms with Crippen LogP contribution in [0.1, 0.15) is 26.5 Å². The minimum atomic E-state index is 0.120. The lowest BCUT2D eigenvalue weighted by atomic mass is 9.91. The van der Waals surface area contributed by atoms with Gasteiger partial charge in [-0.2, -0.15) is 0 Å². The standard InChI is InChI=1S/C11H13IN2/c1-11(2,3)10-6-9-8(7-13-10)4-5-14(9)12/h4-7H,1-3H3. The van der Waals surface area contributed by atoms with Gasteiger partial charge in [-0.05, 0) is 12.1 Å². The third kappa shape index (κ3) is 1.65. The molecule has 0 saturated carbocycles. The molecule has 2 heterocycles. The second-order valence-corrected chi connectivity index (χ2v) is 5.54. The number of hydrogen-bond donors (Lipinski definition) is 0. The molecule has 3 heteroatoms. The van der Waals surface area contributed by atoms with Gasteiger partial charge >= 0.3 is 0 Å². The van der Waals surface area contributed by atoms with Crippen LogP contribution in [-0.2, 0) is 5.41 Å². The van der Waals surface area contributed by atoms with Crippen LogP contribution in [0.4, 0.5) is 0 Å². The van der Waals surface area contributed by atoms with Gasteiger partial charge in [0.15, 0.2) is 0 Å². The maximum Gasteiger partial charge on any atom is 0.0640 e. The quantitative estimate of drug-likeness (QED) is 0.681. The largest absolute Gasteiger partial charge is 0.289 e. The Bertz CT molecular complexity index is 466. The molecule has 0 bridgehead atoms. The number of halogens is 1. The molecule has 2 rings (SSSR count). The number of rotatable bonds is 0. The lowest BCUT2D eigenvalue weighted by molar-refractivity contribution is 0.570. The van der Waals surface area contributed by atoms with Crippen molar-refractivity contribution in [2.45, 2.75) is 26.2 Å². The van der Waals surface area contributed by atoms with Gasteiger partial charge in [0, 0.05) is 28.9 Å². The molecule has 0 fully saturated rings.